The van der Waals surface area contributed by atoms with E-state index in [2.05, 4.69) is 20.5 Å². The second-order valence-electron chi connectivity index (χ2n) is 6.39. The minimum Gasteiger partial charge on any atom is -0.497 e. The molecule has 4 rings (SSSR count). The van der Waals surface area contributed by atoms with Crippen LogP contribution in [0.25, 0.3) is 10.2 Å². The van der Waals surface area contributed by atoms with Crippen molar-refractivity contribution in [1.82, 2.24) is 20.1 Å². The van der Waals surface area contributed by atoms with Gasteiger partial charge in [-0.3, -0.25) is 5.32 Å². The third-order valence-corrected chi connectivity index (χ3v) is 6.09. The van der Waals surface area contributed by atoms with E-state index in [4.69, 9.17) is 4.74 Å². The second-order valence-corrected chi connectivity index (χ2v) is 8.57. The van der Waals surface area contributed by atoms with Crippen molar-refractivity contribution < 1.29 is 9.53 Å². The zero-order valence-electron chi connectivity index (χ0n) is 16.0. The Balaban J connectivity index is 1.36. The zero-order chi connectivity index (χ0) is 20.2. The number of nitrogens with zero attached hydrogens (tertiary/aromatic N) is 4. The Morgan fingerprint density at radius 1 is 1.10 bits per heavy atom. The number of urea groups is 1. The summed E-state index contributed by atoms with van der Waals surface area (Å²) in [5.74, 6) is 0.803. The smallest absolute Gasteiger partial charge is 0.323 e. The van der Waals surface area contributed by atoms with Gasteiger partial charge in [0.1, 0.15) is 15.8 Å². The van der Waals surface area contributed by atoms with Crippen LogP contribution in [0.5, 0.6) is 5.75 Å². The first-order valence-corrected chi connectivity index (χ1v) is 10.6. The molecule has 0 saturated heterocycles. The highest BCUT2D eigenvalue weighted by Crippen LogP contribution is 2.23. The molecule has 0 saturated carbocycles. The third-order valence-electron chi connectivity index (χ3n) is 4.23. The molecule has 4 aromatic rings. The van der Waals surface area contributed by atoms with Crippen LogP contribution >= 0.6 is 22.7 Å². The lowest BCUT2D eigenvalue weighted by Gasteiger charge is -2.14. The number of aromatic nitrogens is 3. The minimum absolute atomic E-state index is 0.242. The Labute approximate surface area is 176 Å². The number of thiazole rings is 1. The van der Waals surface area contributed by atoms with Crippen molar-refractivity contribution in [2.75, 3.05) is 19.5 Å². The van der Waals surface area contributed by atoms with Crippen LogP contribution in [0.1, 0.15) is 15.6 Å². The number of rotatable bonds is 6. The quantitative estimate of drug-likeness (QED) is 0.495. The Kier molecular flexibility index (Phi) is 5.68. The van der Waals surface area contributed by atoms with E-state index in [1.54, 1.807) is 30.4 Å². The summed E-state index contributed by atoms with van der Waals surface area (Å²) in [6.07, 6.45) is 0.631. The summed E-state index contributed by atoms with van der Waals surface area (Å²) >= 11 is 2.95. The SMILES string of the molecule is COc1cccc(Cc2nnc(NC(=O)N(C)Cc3nc4ccccc4s3)s2)c1. The van der Waals surface area contributed by atoms with Crippen LogP contribution in [-0.2, 0) is 13.0 Å². The van der Waals surface area contributed by atoms with E-state index in [0.29, 0.717) is 18.1 Å². The Morgan fingerprint density at radius 3 is 2.79 bits per heavy atom. The number of hydrogen-bond donors (Lipinski definition) is 1. The van der Waals surface area contributed by atoms with E-state index in [0.717, 1.165) is 31.5 Å². The molecule has 0 aliphatic rings. The van der Waals surface area contributed by atoms with E-state index >= 15 is 0 Å². The molecule has 0 atom stereocenters. The lowest BCUT2D eigenvalue weighted by Crippen LogP contribution is -2.30. The number of amides is 2. The molecule has 29 heavy (non-hydrogen) atoms. The molecule has 0 bridgehead atoms. The number of para-hydroxylation sites is 1. The van der Waals surface area contributed by atoms with Gasteiger partial charge in [-0.25, -0.2) is 9.78 Å². The first-order chi connectivity index (χ1) is 14.1. The van der Waals surface area contributed by atoms with E-state index < -0.39 is 0 Å². The molecule has 0 radical (unpaired) electrons. The number of nitrogens with one attached hydrogen (secondary N) is 1. The summed E-state index contributed by atoms with van der Waals surface area (Å²) in [6, 6.07) is 15.5. The average molecular weight is 426 g/mol. The van der Waals surface area contributed by atoms with E-state index in [9.17, 15) is 4.79 Å². The molecule has 0 aliphatic carbocycles. The molecule has 2 amide bonds. The minimum atomic E-state index is -0.242. The number of carbonyl (C=O) groups is 1. The van der Waals surface area contributed by atoms with Gasteiger partial charge in [-0.05, 0) is 29.8 Å². The maximum atomic E-state index is 12.5. The molecule has 0 spiro atoms. The van der Waals surface area contributed by atoms with Crippen LogP contribution in [0, 0.1) is 0 Å². The number of hydrogen-bond acceptors (Lipinski definition) is 7. The van der Waals surface area contributed by atoms with Crippen molar-refractivity contribution in [2.24, 2.45) is 0 Å². The standard InChI is InChI=1S/C20H19N5O2S2/c1-25(12-18-21-15-8-3-4-9-16(15)28-18)20(26)22-19-24-23-17(29-19)11-13-6-5-7-14(10-13)27-2/h3-10H,11-12H2,1-2H3,(H,22,24,26). The molecule has 0 unspecified atom stereocenters. The molecule has 0 fully saturated rings. The van der Waals surface area contributed by atoms with Crippen molar-refractivity contribution in [3.8, 4) is 5.75 Å². The topological polar surface area (TPSA) is 80.2 Å². The predicted octanol–water partition coefficient (Wildman–Crippen LogP) is 4.41. The Morgan fingerprint density at radius 2 is 1.97 bits per heavy atom. The van der Waals surface area contributed by atoms with Crippen molar-refractivity contribution >= 4 is 44.1 Å². The van der Waals surface area contributed by atoms with Gasteiger partial charge in [0.2, 0.25) is 5.13 Å². The molecule has 1 N–H and O–H groups in total. The van der Waals surface area contributed by atoms with Crippen LogP contribution in [0.2, 0.25) is 0 Å². The summed E-state index contributed by atoms with van der Waals surface area (Å²) in [7, 11) is 3.38. The molecule has 2 heterocycles. The van der Waals surface area contributed by atoms with Crippen LogP contribution in [0.3, 0.4) is 0 Å². The fourth-order valence-corrected chi connectivity index (χ4v) is 4.57. The van der Waals surface area contributed by atoms with Gasteiger partial charge in [0.25, 0.3) is 0 Å². The molecule has 7 nitrogen and oxygen atoms in total. The largest absolute Gasteiger partial charge is 0.497 e. The van der Waals surface area contributed by atoms with E-state index in [1.807, 2.05) is 48.5 Å². The summed E-state index contributed by atoms with van der Waals surface area (Å²) in [5.41, 5.74) is 2.03. The van der Waals surface area contributed by atoms with Gasteiger partial charge in [-0.2, -0.15) is 0 Å². The highest BCUT2D eigenvalue weighted by Gasteiger charge is 2.15. The highest BCUT2D eigenvalue weighted by molar-refractivity contribution is 7.18. The van der Waals surface area contributed by atoms with Crippen molar-refractivity contribution in [1.29, 1.82) is 0 Å². The molecular weight excluding hydrogens is 406 g/mol. The summed E-state index contributed by atoms with van der Waals surface area (Å²) in [4.78, 5) is 18.6. The monoisotopic (exact) mass is 425 g/mol. The van der Waals surface area contributed by atoms with Crippen LogP contribution in [0.4, 0.5) is 9.93 Å². The second kappa shape index (κ2) is 8.54. The van der Waals surface area contributed by atoms with Gasteiger partial charge in [0, 0.05) is 13.5 Å². The maximum absolute atomic E-state index is 12.5. The van der Waals surface area contributed by atoms with Crippen LogP contribution < -0.4 is 10.1 Å². The maximum Gasteiger partial charge on any atom is 0.323 e. The van der Waals surface area contributed by atoms with Gasteiger partial charge in [-0.15, -0.1) is 21.5 Å². The number of fused-ring (bicyclic) bond motifs is 1. The summed E-state index contributed by atoms with van der Waals surface area (Å²) < 4.78 is 6.36. The van der Waals surface area contributed by atoms with Crippen molar-refractivity contribution in [3.05, 3.63) is 64.1 Å². The molecule has 0 aliphatic heterocycles. The lowest BCUT2D eigenvalue weighted by atomic mass is 10.1. The van der Waals surface area contributed by atoms with E-state index in [-0.39, 0.29) is 6.03 Å². The fraction of sp³-hybridized carbons (Fsp3) is 0.200. The van der Waals surface area contributed by atoms with Crippen molar-refractivity contribution in [3.63, 3.8) is 0 Å². The summed E-state index contributed by atoms with van der Waals surface area (Å²) in [6.45, 7) is 0.431. The van der Waals surface area contributed by atoms with Crippen molar-refractivity contribution in [2.45, 2.75) is 13.0 Å². The van der Waals surface area contributed by atoms with Gasteiger partial charge >= 0.3 is 6.03 Å². The number of methoxy groups -OCH3 is 1. The van der Waals surface area contributed by atoms with Crippen LogP contribution in [-0.4, -0.2) is 40.3 Å². The Bertz CT molecular complexity index is 1110. The fourth-order valence-electron chi connectivity index (χ4n) is 2.78. The molecule has 2 aromatic heterocycles. The average Bonchev–Trinajstić information content (AvgIpc) is 3.34. The van der Waals surface area contributed by atoms with Gasteiger partial charge in [-0.1, -0.05) is 35.6 Å². The lowest BCUT2D eigenvalue weighted by molar-refractivity contribution is 0.220. The number of ether oxygens (including phenoxy) is 1. The predicted molar refractivity (Wildman–Crippen MR) is 116 cm³/mol. The van der Waals surface area contributed by atoms with Crippen LogP contribution in [0.15, 0.2) is 48.5 Å². The first-order valence-electron chi connectivity index (χ1n) is 8.92. The molecule has 148 valence electrons. The van der Waals surface area contributed by atoms with E-state index in [1.165, 1.54) is 11.3 Å². The number of anilines is 1. The third kappa shape index (κ3) is 4.69. The molecular formula is C20H19N5O2S2. The molecule has 9 heteroatoms. The first kappa shape index (κ1) is 19.3. The number of carbonyl (C=O) groups excluding carboxylic acids is 1. The summed E-state index contributed by atoms with van der Waals surface area (Å²) in [5, 5.41) is 13.3. The van der Waals surface area contributed by atoms with Gasteiger partial charge in [0.05, 0.1) is 23.9 Å². The molecule has 2 aromatic carbocycles. The Hall–Kier alpha value is -3.04. The number of benzene rings is 2. The van der Waals surface area contributed by atoms with Gasteiger partial charge < -0.3 is 9.64 Å². The van der Waals surface area contributed by atoms with Gasteiger partial charge in [0.15, 0.2) is 0 Å². The zero-order valence-corrected chi connectivity index (χ0v) is 17.6. The highest BCUT2D eigenvalue weighted by atomic mass is 32.1. The normalized spacial score (nSPS) is 10.8.